The fourth-order valence-corrected chi connectivity index (χ4v) is 0. The van der Waals surface area contributed by atoms with Gasteiger partial charge in [-0.1, -0.05) is 0 Å². The Hall–Kier alpha value is 0.110. The number of nitrogens with two attached hydrogens (primary N) is 1. The van der Waals surface area contributed by atoms with Crippen molar-refractivity contribution in [2.45, 2.75) is 25.5 Å². The average Bonchev–Trinajstić information content (AvgIpc) is 1.31. The summed E-state index contributed by atoms with van der Waals surface area (Å²) >= 11 is 0. The van der Waals surface area contributed by atoms with E-state index >= 15 is 0 Å². The molecule has 0 amide bonds. The molecule has 1 atom stereocenters. The molecule has 0 heterocycles. The van der Waals surface area contributed by atoms with E-state index in [1.54, 1.807) is 0 Å². The van der Waals surface area contributed by atoms with Crippen molar-refractivity contribution in [3.05, 3.63) is 0 Å². The summed E-state index contributed by atoms with van der Waals surface area (Å²) in [5.41, 5.74) is 0. The molecule has 0 aromatic heterocycles. The smallest absolute Gasteiger partial charge is 0.0942 e. The van der Waals surface area contributed by atoms with Gasteiger partial charge >= 0.3 is 0 Å². The molecule has 0 aromatic carbocycles. The molecule has 7 heavy (non-hydrogen) atoms. The monoisotopic (exact) mass is 122 g/mol. The maximum Gasteiger partial charge on any atom is 0.0942 e. The Bertz CT molecular complexity index is 84.2. The third-order valence-corrected chi connectivity index (χ3v) is 1.81. The van der Waals surface area contributed by atoms with E-state index in [-0.39, 0.29) is 4.75 Å². The van der Waals surface area contributed by atoms with Crippen LogP contribution in [0.4, 0.5) is 0 Å². The van der Waals surface area contributed by atoms with Crippen LogP contribution in [0.5, 0.6) is 0 Å². The summed E-state index contributed by atoms with van der Waals surface area (Å²) in [5, 5.41) is 5.04. The third-order valence-electron chi connectivity index (χ3n) is 0.604. The molecule has 3 heteroatoms. The second-order valence-corrected chi connectivity index (χ2v) is 4.23. The maximum absolute atomic E-state index is 10.4. The van der Waals surface area contributed by atoms with Crippen LogP contribution in [0.15, 0.2) is 0 Å². The minimum absolute atomic E-state index is 0.250. The first-order valence-electron chi connectivity index (χ1n) is 2.11. The minimum atomic E-state index is -1.18. The first-order chi connectivity index (χ1) is 2.94. The number of hydrogen-bond donors (Lipinski definition) is 1. The van der Waals surface area contributed by atoms with Crippen molar-refractivity contribution in [3.8, 4) is 0 Å². The molecule has 0 aliphatic rings. The summed E-state index contributed by atoms with van der Waals surface area (Å²) in [5.74, 6) is 0. The standard InChI is InChI=1S/C4H11NOS/c1-4(2,3)7(5)6/h5H2,1-3H3/i5+1. The minimum Gasteiger partial charge on any atom is -0.251 e. The molecule has 0 aromatic rings. The Kier molecular flexibility index (Phi) is 1.95. The summed E-state index contributed by atoms with van der Waals surface area (Å²) in [6.45, 7) is 5.51. The maximum atomic E-state index is 10.4. The lowest BCUT2D eigenvalue weighted by atomic mass is 10.3. The van der Waals surface area contributed by atoms with Gasteiger partial charge in [-0.3, -0.25) is 5.14 Å². The van der Waals surface area contributed by atoms with Crippen LogP contribution >= 0.6 is 0 Å². The van der Waals surface area contributed by atoms with Gasteiger partial charge in [-0.05, 0) is 20.8 Å². The van der Waals surface area contributed by atoms with E-state index in [0.29, 0.717) is 0 Å². The van der Waals surface area contributed by atoms with Gasteiger partial charge < -0.3 is 0 Å². The Labute approximate surface area is 46.7 Å². The number of hydrogen-bond acceptors (Lipinski definition) is 1. The molecule has 2 nitrogen and oxygen atoms in total. The van der Waals surface area contributed by atoms with E-state index in [0.717, 1.165) is 0 Å². The largest absolute Gasteiger partial charge is 0.251 e. The summed E-state index contributed by atoms with van der Waals surface area (Å²) < 4.78 is 10.1. The molecular formula is C4H11NOS. The summed E-state index contributed by atoms with van der Waals surface area (Å²) in [6.07, 6.45) is 0. The van der Waals surface area contributed by atoms with Gasteiger partial charge in [-0.15, -0.1) is 0 Å². The fourth-order valence-electron chi connectivity index (χ4n) is 0. The Morgan fingerprint density at radius 3 is 1.57 bits per heavy atom. The zero-order valence-corrected chi connectivity index (χ0v) is 5.71. The van der Waals surface area contributed by atoms with E-state index in [1.807, 2.05) is 20.8 Å². The van der Waals surface area contributed by atoms with Gasteiger partial charge in [0, 0.05) is 0 Å². The lowest BCUT2D eigenvalue weighted by Crippen LogP contribution is -2.27. The van der Waals surface area contributed by atoms with E-state index < -0.39 is 11.0 Å². The SMILES string of the molecule is CC(C)(C)S([15NH2])=O. The molecule has 0 saturated heterocycles. The summed E-state index contributed by atoms with van der Waals surface area (Å²) in [4.78, 5) is 0. The zero-order valence-electron chi connectivity index (χ0n) is 4.89. The van der Waals surface area contributed by atoms with Crippen LogP contribution in [0.3, 0.4) is 0 Å². The fraction of sp³-hybridized carbons (Fsp3) is 1.00. The molecule has 0 saturated carbocycles. The van der Waals surface area contributed by atoms with Gasteiger partial charge in [-0.2, -0.15) is 0 Å². The molecule has 0 fully saturated rings. The summed E-state index contributed by atoms with van der Waals surface area (Å²) in [7, 11) is -1.18. The van der Waals surface area contributed by atoms with Crippen molar-refractivity contribution in [1.29, 1.82) is 0 Å². The van der Waals surface area contributed by atoms with Crippen LogP contribution in [0, 0.1) is 0 Å². The second kappa shape index (κ2) is 1.92. The highest BCUT2D eigenvalue weighted by atomic mass is 32.2. The van der Waals surface area contributed by atoms with Crippen molar-refractivity contribution < 1.29 is 4.21 Å². The topological polar surface area (TPSA) is 43.1 Å². The second-order valence-electron chi connectivity index (χ2n) is 2.41. The molecule has 0 aliphatic carbocycles. The number of rotatable bonds is 0. The van der Waals surface area contributed by atoms with Gasteiger partial charge in [0.1, 0.15) is 0 Å². The third kappa shape index (κ3) is 2.76. The van der Waals surface area contributed by atoms with Crippen molar-refractivity contribution in [2.24, 2.45) is 5.14 Å². The first-order valence-corrected chi connectivity index (χ1v) is 3.32. The van der Waals surface area contributed by atoms with E-state index in [2.05, 4.69) is 0 Å². The molecule has 44 valence electrons. The van der Waals surface area contributed by atoms with Crippen LogP contribution in [0.25, 0.3) is 0 Å². The highest BCUT2D eigenvalue weighted by molar-refractivity contribution is 7.84. The molecule has 0 rings (SSSR count). The van der Waals surface area contributed by atoms with Gasteiger partial charge in [0.05, 0.1) is 15.7 Å². The zero-order chi connectivity index (χ0) is 6.08. The molecule has 0 radical (unpaired) electrons. The van der Waals surface area contributed by atoms with Crippen LogP contribution in [0.2, 0.25) is 0 Å². The van der Waals surface area contributed by atoms with Gasteiger partial charge in [-0.25, -0.2) is 4.21 Å². The van der Waals surface area contributed by atoms with Crippen molar-refractivity contribution in [2.75, 3.05) is 0 Å². The predicted molar refractivity (Wildman–Crippen MR) is 32.1 cm³/mol. The molecule has 2 N–H and O–H groups in total. The highest BCUT2D eigenvalue weighted by Gasteiger charge is 2.14. The molecule has 0 spiro atoms. The molecule has 0 aliphatic heterocycles. The lowest BCUT2D eigenvalue weighted by molar-refractivity contribution is 0.650. The van der Waals surface area contributed by atoms with E-state index in [4.69, 9.17) is 5.14 Å². The first kappa shape index (κ1) is 7.11. The summed E-state index contributed by atoms with van der Waals surface area (Å²) in [6, 6.07) is 0. The van der Waals surface area contributed by atoms with Crippen LogP contribution in [0.1, 0.15) is 20.8 Å². The van der Waals surface area contributed by atoms with E-state index in [9.17, 15) is 4.21 Å². The molecular weight excluding hydrogens is 111 g/mol. The Morgan fingerprint density at radius 2 is 1.57 bits per heavy atom. The average molecular weight is 122 g/mol. The van der Waals surface area contributed by atoms with Crippen LogP contribution < -0.4 is 5.14 Å². The quantitative estimate of drug-likeness (QED) is 0.464. The van der Waals surface area contributed by atoms with Gasteiger partial charge in [0.15, 0.2) is 0 Å². The normalized spacial score (nSPS) is 16.6. The van der Waals surface area contributed by atoms with Crippen LogP contribution in [-0.4, -0.2) is 8.96 Å². The van der Waals surface area contributed by atoms with Crippen molar-refractivity contribution in [3.63, 3.8) is 0 Å². The van der Waals surface area contributed by atoms with Crippen LogP contribution in [-0.2, 0) is 11.0 Å². The van der Waals surface area contributed by atoms with Gasteiger partial charge in [0.2, 0.25) is 0 Å². The predicted octanol–water partition coefficient (Wildman–Crippen LogP) is 0.407. The molecule has 0 bridgehead atoms. The highest BCUT2D eigenvalue weighted by Crippen LogP contribution is 2.04. The van der Waals surface area contributed by atoms with E-state index in [1.165, 1.54) is 0 Å². The lowest BCUT2D eigenvalue weighted by Gasteiger charge is -2.11. The van der Waals surface area contributed by atoms with Crippen molar-refractivity contribution >= 4 is 11.0 Å². The molecule has 1 unspecified atom stereocenters. The van der Waals surface area contributed by atoms with Gasteiger partial charge in [0.25, 0.3) is 0 Å². The Morgan fingerprint density at radius 1 is 1.43 bits per heavy atom. The van der Waals surface area contributed by atoms with Crippen molar-refractivity contribution in [1.82, 2.24) is 0 Å². The Balaban J connectivity index is 3.79.